The fourth-order valence-electron chi connectivity index (χ4n) is 4.84. The molecule has 9 heteroatoms. The van der Waals surface area contributed by atoms with Crippen LogP contribution in [0.25, 0.3) is 6.08 Å². The zero-order valence-corrected chi connectivity index (χ0v) is 27.1. The fourth-order valence-corrected chi connectivity index (χ4v) is 6.26. The van der Waals surface area contributed by atoms with Gasteiger partial charge in [0.05, 0.1) is 34.6 Å². The summed E-state index contributed by atoms with van der Waals surface area (Å²) in [6, 6.07) is 20.6. The minimum absolute atomic E-state index is 0.255. The number of aromatic nitrogens is 1. The van der Waals surface area contributed by atoms with E-state index in [-0.39, 0.29) is 11.7 Å². The number of hydrogen-bond donors (Lipinski definition) is 0. The molecule has 5 rings (SSSR count). The Hall–Kier alpha value is -3.95. The van der Waals surface area contributed by atoms with Gasteiger partial charge in [0, 0.05) is 10.0 Å². The number of allylic oxidation sites excluding steroid dienone is 1. The number of carbonyl (C=O) groups excluding carboxylic acids is 1. The van der Waals surface area contributed by atoms with Crippen molar-refractivity contribution in [3.8, 4) is 11.5 Å². The molecule has 222 valence electrons. The first kappa shape index (κ1) is 30.5. The third-order valence-electron chi connectivity index (χ3n) is 6.86. The molecule has 0 saturated heterocycles. The fraction of sp³-hybridized carbons (Fsp3) is 0.265. The van der Waals surface area contributed by atoms with E-state index in [4.69, 9.17) is 19.2 Å². The first-order valence-corrected chi connectivity index (χ1v) is 15.7. The van der Waals surface area contributed by atoms with Crippen molar-refractivity contribution in [2.24, 2.45) is 4.99 Å². The Balaban J connectivity index is 1.60. The Morgan fingerprint density at radius 2 is 1.77 bits per heavy atom. The average molecular weight is 662 g/mol. The molecule has 4 aromatic rings. The molecule has 0 N–H and O–H groups in total. The normalized spacial score (nSPS) is 14.9. The second kappa shape index (κ2) is 13.1. The van der Waals surface area contributed by atoms with Crippen molar-refractivity contribution in [1.29, 1.82) is 0 Å². The van der Waals surface area contributed by atoms with Crippen molar-refractivity contribution in [3.05, 3.63) is 124 Å². The average Bonchev–Trinajstić information content (AvgIpc) is 3.27. The lowest BCUT2D eigenvalue weighted by Gasteiger charge is -2.25. The third kappa shape index (κ3) is 6.84. The van der Waals surface area contributed by atoms with Gasteiger partial charge in [0.15, 0.2) is 4.80 Å². The summed E-state index contributed by atoms with van der Waals surface area (Å²) >= 11 is 4.83. The van der Waals surface area contributed by atoms with Gasteiger partial charge in [0.2, 0.25) is 0 Å². The summed E-state index contributed by atoms with van der Waals surface area (Å²) in [7, 11) is 0. The topological polar surface area (TPSA) is 79.1 Å². The summed E-state index contributed by atoms with van der Waals surface area (Å²) < 4.78 is 20.3. The van der Waals surface area contributed by atoms with Crippen molar-refractivity contribution in [2.75, 3.05) is 6.61 Å². The molecule has 0 aliphatic carbocycles. The molecule has 1 aromatic heterocycles. The van der Waals surface area contributed by atoms with E-state index >= 15 is 0 Å². The van der Waals surface area contributed by atoms with Crippen LogP contribution >= 0.6 is 27.3 Å². The predicted molar refractivity (Wildman–Crippen MR) is 172 cm³/mol. The van der Waals surface area contributed by atoms with Crippen LogP contribution < -0.4 is 24.4 Å². The summed E-state index contributed by atoms with van der Waals surface area (Å²) in [6.07, 6.45) is 1.49. The quantitative estimate of drug-likeness (QED) is 0.199. The van der Waals surface area contributed by atoms with E-state index in [1.807, 2.05) is 74.5 Å². The largest absolute Gasteiger partial charge is 0.494 e. The number of carbonyl (C=O) groups is 1. The van der Waals surface area contributed by atoms with Gasteiger partial charge in [-0.1, -0.05) is 69.2 Å². The van der Waals surface area contributed by atoms with Gasteiger partial charge in [0.25, 0.3) is 5.56 Å². The second-order valence-corrected chi connectivity index (χ2v) is 12.4. The van der Waals surface area contributed by atoms with E-state index in [2.05, 4.69) is 28.1 Å². The lowest BCUT2D eigenvalue weighted by molar-refractivity contribution is -0.143. The maximum Gasteiger partial charge on any atom is 0.338 e. The number of halogens is 1. The Morgan fingerprint density at radius 1 is 1.05 bits per heavy atom. The Labute approximate surface area is 262 Å². The number of esters is 1. The number of rotatable bonds is 9. The molecular formula is C34H33BrN2O5S. The number of fused-ring (bicyclic) bond motifs is 1. The van der Waals surface area contributed by atoms with Gasteiger partial charge in [-0.05, 0) is 82.2 Å². The van der Waals surface area contributed by atoms with Gasteiger partial charge in [-0.3, -0.25) is 9.36 Å². The number of thiazole rings is 1. The van der Waals surface area contributed by atoms with Crippen molar-refractivity contribution < 1.29 is 19.0 Å². The highest BCUT2D eigenvalue weighted by Gasteiger charge is 2.33. The Morgan fingerprint density at radius 3 is 2.44 bits per heavy atom. The number of hydrogen-bond acceptors (Lipinski definition) is 7. The number of nitrogens with zero attached hydrogens (tertiary/aromatic N) is 2. The van der Waals surface area contributed by atoms with Crippen molar-refractivity contribution in [1.82, 2.24) is 4.57 Å². The molecule has 1 aliphatic heterocycles. The highest BCUT2D eigenvalue weighted by atomic mass is 79.9. The summed E-state index contributed by atoms with van der Waals surface area (Å²) in [5.41, 5.74) is 4.33. The maximum absolute atomic E-state index is 14.1. The Kier molecular flexibility index (Phi) is 9.32. The van der Waals surface area contributed by atoms with Crippen LogP contribution in [-0.4, -0.2) is 23.2 Å². The highest BCUT2D eigenvalue weighted by molar-refractivity contribution is 9.10. The van der Waals surface area contributed by atoms with Gasteiger partial charge in [-0.2, -0.15) is 0 Å². The van der Waals surface area contributed by atoms with Gasteiger partial charge in [0.1, 0.15) is 18.1 Å². The van der Waals surface area contributed by atoms with Crippen LogP contribution in [0.5, 0.6) is 11.5 Å². The molecule has 1 atom stereocenters. The van der Waals surface area contributed by atoms with Gasteiger partial charge in [-0.15, -0.1) is 0 Å². The monoisotopic (exact) mass is 660 g/mol. The Bertz CT molecular complexity index is 1850. The number of benzene rings is 3. The van der Waals surface area contributed by atoms with Gasteiger partial charge in [-0.25, -0.2) is 9.79 Å². The number of ether oxygens (including phenoxy) is 3. The van der Waals surface area contributed by atoms with E-state index in [1.54, 1.807) is 25.3 Å². The lowest BCUT2D eigenvalue weighted by Crippen LogP contribution is -2.40. The van der Waals surface area contributed by atoms with Crippen LogP contribution in [0.2, 0.25) is 0 Å². The molecular weight excluding hydrogens is 628 g/mol. The molecule has 0 saturated carbocycles. The van der Waals surface area contributed by atoms with Crippen LogP contribution in [0.1, 0.15) is 56.0 Å². The minimum Gasteiger partial charge on any atom is -0.494 e. The molecule has 0 unspecified atom stereocenters. The lowest BCUT2D eigenvalue weighted by atomic mass is 9.96. The van der Waals surface area contributed by atoms with E-state index in [9.17, 15) is 9.59 Å². The summed E-state index contributed by atoms with van der Waals surface area (Å²) in [5, 5.41) is 0. The van der Waals surface area contributed by atoms with Crippen molar-refractivity contribution in [3.63, 3.8) is 0 Å². The molecule has 0 fully saturated rings. The van der Waals surface area contributed by atoms with E-state index in [1.165, 1.54) is 16.9 Å². The van der Waals surface area contributed by atoms with E-state index in [0.717, 1.165) is 21.2 Å². The number of aryl methyl sites for hydroxylation is 1. The molecule has 3 aromatic carbocycles. The maximum atomic E-state index is 14.1. The van der Waals surface area contributed by atoms with E-state index in [0.29, 0.717) is 45.3 Å². The third-order valence-corrected chi connectivity index (χ3v) is 8.34. The summed E-state index contributed by atoms with van der Waals surface area (Å²) in [5.74, 6) is 0.858. The van der Waals surface area contributed by atoms with Crippen LogP contribution in [0, 0.1) is 6.92 Å². The standard InChI is InChI=1S/C34H33BrN2O5S/c1-6-40-27-14-11-24(12-15-27)31-30(33(39)42-20(2)3)22(5)36-34-37(31)32(38)29(43-34)18-25-17-26(35)13-16-28(25)41-19-23-9-7-21(4)8-10-23/h7-18,20,31H,6,19H2,1-5H3/b29-18+/t31-/m1/s1. The van der Waals surface area contributed by atoms with Crippen LogP contribution in [0.15, 0.2) is 92.3 Å². The van der Waals surface area contributed by atoms with Crippen molar-refractivity contribution in [2.45, 2.75) is 53.4 Å². The second-order valence-electron chi connectivity index (χ2n) is 10.5. The SMILES string of the molecule is CCOc1ccc([C@@H]2C(C(=O)OC(C)C)=C(C)N=c3s/c(=C/c4cc(Br)ccc4OCc4ccc(C)cc4)c(=O)n32)cc1. The molecule has 0 bridgehead atoms. The van der Waals surface area contributed by atoms with Crippen molar-refractivity contribution >= 4 is 39.3 Å². The first-order valence-electron chi connectivity index (χ1n) is 14.1. The molecule has 0 radical (unpaired) electrons. The van der Waals surface area contributed by atoms with E-state index < -0.39 is 12.0 Å². The summed E-state index contributed by atoms with van der Waals surface area (Å²) in [6.45, 7) is 10.3. The zero-order chi connectivity index (χ0) is 30.7. The predicted octanol–water partition coefficient (Wildman–Crippen LogP) is 6.24. The minimum atomic E-state index is -0.708. The molecule has 2 heterocycles. The first-order chi connectivity index (χ1) is 20.6. The highest BCUT2D eigenvalue weighted by Crippen LogP contribution is 2.32. The molecule has 43 heavy (non-hydrogen) atoms. The summed E-state index contributed by atoms with van der Waals surface area (Å²) in [4.78, 5) is 32.7. The van der Waals surface area contributed by atoms with Gasteiger partial charge >= 0.3 is 5.97 Å². The molecule has 0 spiro atoms. The molecule has 0 amide bonds. The van der Waals surface area contributed by atoms with Gasteiger partial charge < -0.3 is 14.2 Å². The van der Waals surface area contributed by atoms with Crippen LogP contribution in [0.3, 0.4) is 0 Å². The molecule has 7 nitrogen and oxygen atoms in total. The molecule has 1 aliphatic rings. The van der Waals surface area contributed by atoms with Crippen LogP contribution in [0.4, 0.5) is 0 Å². The smallest absolute Gasteiger partial charge is 0.338 e. The van der Waals surface area contributed by atoms with Crippen LogP contribution in [-0.2, 0) is 16.1 Å². The zero-order valence-electron chi connectivity index (χ0n) is 24.7.